The molecule has 15 heavy (non-hydrogen) atoms. The van der Waals surface area contributed by atoms with Gasteiger partial charge in [-0.2, -0.15) is 0 Å². The van der Waals surface area contributed by atoms with Crippen molar-refractivity contribution in [2.24, 2.45) is 5.73 Å². The van der Waals surface area contributed by atoms with E-state index in [0.717, 1.165) is 25.9 Å². The maximum atomic E-state index is 12.2. The van der Waals surface area contributed by atoms with Crippen LogP contribution >= 0.6 is 0 Å². The Labute approximate surface area is 92.4 Å². The molecule has 1 heterocycles. The van der Waals surface area contributed by atoms with Crippen LogP contribution < -0.4 is 5.73 Å². The van der Waals surface area contributed by atoms with Crippen LogP contribution in [0.15, 0.2) is 0 Å². The van der Waals surface area contributed by atoms with E-state index in [2.05, 4.69) is 18.7 Å². The highest BCUT2D eigenvalue weighted by Gasteiger charge is 2.32. The lowest BCUT2D eigenvalue weighted by Gasteiger charge is -2.29. The Kier molecular flexibility index (Phi) is 4.54. The minimum Gasteiger partial charge on any atom is -0.339 e. The number of hydrogen-bond donors (Lipinski definition) is 1. The van der Waals surface area contributed by atoms with Gasteiger partial charge in [0.25, 0.3) is 0 Å². The third-order valence-corrected chi connectivity index (χ3v) is 3.22. The van der Waals surface area contributed by atoms with Crippen LogP contribution in [0.3, 0.4) is 0 Å². The van der Waals surface area contributed by atoms with Crippen LogP contribution in [0.25, 0.3) is 0 Å². The van der Waals surface area contributed by atoms with E-state index in [4.69, 9.17) is 5.73 Å². The molecule has 1 fully saturated rings. The minimum atomic E-state index is -0.124. The van der Waals surface area contributed by atoms with Gasteiger partial charge >= 0.3 is 0 Å². The molecule has 4 nitrogen and oxygen atoms in total. The van der Waals surface area contributed by atoms with Crippen molar-refractivity contribution in [3.63, 3.8) is 0 Å². The fourth-order valence-electron chi connectivity index (χ4n) is 2.15. The molecule has 0 aromatic heterocycles. The first-order valence-electron chi connectivity index (χ1n) is 5.82. The first-order valence-corrected chi connectivity index (χ1v) is 5.82. The van der Waals surface area contributed by atoms with Gasteiger partial charge < -0.3 is 10.6 Å². The number of nitrogens with zero attached hydrogens (tertiary/aromatic N) is 2. The quantitative estimate of drug-likeness (QED) is 0.732. The molecule has 1 saturated heterocycles. The van der Waals surface area contributed by atoms with Gasteiger partial charge in [-0.15, -0.1) is 0 Å². The molecule has 2 unspecified atom stereocenters. The van der Waals surface area contributed by atoms with Gasteiger partial charge in [-0.1, -0.05) is 6.92 Å². The van der Waals surface area contributed by atoms with E-state index in [-0.39, 0.29) is 11.9 Å². The second-order valence-corrected chi connectivity index (χ2v) is 4.40. The fourth-order valence-corrected chi connectivity index (χ4v) is 2.15. The average Bonchev–Trinajstić information content (AvgIpc) is 2.31. The van der Waals surface area contributed by atoms with E-state index in [1.54, 1.807) is 0 Å². The number of rotatable bonds is 3. The van der Waals surface area contributed by atoms with Crippen molar-refractivity contribution in [1.82, 2.24) is 9.80 Å². The molecule has 2 atom stereocenters. The van der Waals surface area contributed by atoms with Crippen LogP contribution in [0.4, 0.5) is 0 Å². The number of carbonyl (C=O) groups excluding carboxylic acids is 1. The summed E-state index contributed by atoms with van der Waals surface area (Å²) in [5.41, 5.74) is 5.67. The van der Waals surface area contributed by atoms with Crippen LogP contribution in [0.2, 0.25) is 0 Å². The van der Waals surface area contributed by atoms with Gasteiger partial charge in [0.05, 0.1) is 0 Å². The summed E-state index contributed by atoms with van der Waals surface area (Å²) in [6.07, 6.45) is 2.05. The van der Waals surface area contributed by atoms with Crippen molar-refractivity contribution in [2.75, 3.05) is 26.7 Å². The molecule has 0 bridgehead atoms. The zero-order valence-electron chi connectivity index (χ0n) is 10.1. The topological polar surface area (TPSA) is 49.6 Å². The maximum absolute atomic E-state index is 12.2. The Balaban J connectivity index is 2.80. The predicted octanol–water partition coefficient (Wildman–Crippen LogP) is 0.276. The molecule has 2 N–H and O–H groups in total. The largest absolute Gasteiger partial charge is 0.339 e. The number of amides is 1. The lowest BCUT2D eigenvalue weighted by Crippen LogP contribution is -2.50. The summed E-state index contributed by atoms with van der Waals surface area (Å²) in [5, 5.41) is 0. The lowest BCUT2D eigenvalue weighted by molar-refractivity contribution is -0.136. The molecule has 88 valence electrons. The first kappa shape index (κ1) is 12.5. The van der Waals surface area contributed by atoms with Crippen LogP contribution in [-0.4, -0.2) is 54.5 Å². The van der Waals surface area contributed by atoms with Gasteiger partial charge in [-0.3, -0.25) is 9.69 Å². The number of carbonyl (C=O) groups is 1. The van der Waals surface area contributed by atoms with E-state index in [9.17, 15) is 4.79 Å². The highest BCUT2D eigenvalue weighted by atomic mass is 16.2. The lowest BCUT2D eigenvalue weighted by atomic mass is 10.2. The molecule has 1 rings (SSSR count). The second kappa shape index (κ2) is 5.47. The molecule has 0 spiro atoms. The number of nitrogens with two attached hydrogens (primary N) is 1. The molecular formula is C11H23N3O. The summed E-state index contributed by atoms with van der Waals surface area (Å²) in [4.78, 5) is 16.3. The first-order chi connectivity index (χ1) is 7.11. The summed E-state index contributed by atoms with van der Waals surface area (Å²) < 4.78 is 0. The van der Waals surface area contributed by atoms with Crippen molar-refractivity contribution >= 4 is 5.91 Å². The van der Waals surface area contributed by atoms with Crippen molar-refractivity contribution in [1.29, 1.82) is 0 Å². The molecule has 1 amide bonds. The van der Waals surface area contributed by atoms with Gasteiger partial charge in [0.15, 0.2) is 0 Å². The zero-order chi connectivity index (χ0) is 11.4. The molecule has 4 heteroatoms. The highest BCUT2D eigenvalue weighted by molar-refractivity contribution is 5.82. The van der Waals surface area contributed by atoms with Crippen molar-refractivity contribution in [2.45, 2.75) is 38.8 Å². The molecule has 0 radical (unpaired) electrons. The van der Waals surface area contributed by atoms with E-state index in [1.807, 2.05) is 11.9 Å². The summed E-state index contributed by atoms with van der Waals surface area (Å²) in [5.74, 6) is 0.201. The van der Waals surface area contributed by atoms with Gasteiger partial charge in [-0.05, 0) is 26.8 Å². The van der Waals surface area contributed by atoms with Crippen molar-refractivity contribution < 1.29 is 4.79 Å². The Hall–Kier alpha value is -0.610. The third-order valence-electron chi connectivity index (χ3n) is 3.22. The molecule has 0 saturated carbocycles. The van der Waals surface area contributed by atoms with E-state index >= 15 is 0 Å². The molecular weight excluding hydrogens is 190 g/mol. The average molecular weight is 213 g/mol. The van der Waals surface area contributed by atoms with Crippen LogP contribution in [0, 0.1) is 0 Å². The number of likely N-dealkylation sites (N-methyl/N-ethyl adjacent to an activating group) is 1. The third kappa shape index (κ3) is 2.69. The molecule has 0 aromatic carbocycles. The fraction of sp³-hybridized carbons (Fsp3) is 0.909. The summed E-state index contributed by atoms with van der Waals surface area (Å²) in [6, 6.07) is 0.220. The smallest absolute Gasteiger partial charge is 0.241 e. The predicted molar refractivity (Wildman–Crippen MR) is 61.6 cm³/mol. The Morgan fingerprint density at radius 3 is 2.73 bits per heavy atom. The number of hydrogen-bond acceptors (Lipinski definition) is 3. The van der Waals surface area contributed by atoms with Gasteiger partial charge in [-0.25, -0.2) is 0 Å². The molecule has 1 aliphatic rings. The Morgan fingerprint density at radius 1 is 1.53 bits per heavy atom. The summed E-state index contributed by atoms with van der Waals surface area (Å²) >= 11 is 0. The zero-order valence-corrected chi connectivity index (χ0v) is 10.1. The molecule has 1 aliphatic heterocycles. The van der Waals surface area contributed by atoms with E-state index in [0.29, 0.717) is 12.6 Å². The van der Waals surface area contributed by atoms with Crippen LogP contribution in [0.5, 0.6) is 0 Å². The standard InChI is InChI=1S/C11H23N3O/c1-4-6-14-9(2)5-7-13(3)10(8-12)11(14)15/h9-10H,4-8,12H2,1-3H3. The summed E-state index contributed by atoms with van der Waals surface area (Å²) in [6.45, 7) is 6.45. The van der Waals surface area contributed by atoms with Crippen molar-refractivity contribution in [3.8, 4) is 0 Å². The molecule has 0 aliphatic carbocycles. The van der Waals surface area contributed by atoms with Crippen LogP contribution in [0.1, 0.15) is 26.7 Å². The van der Waals surface area contributed by atoms with E-state index in [1.165, 1.54) is 0 Å². The van der Waals surface area contributed by atoms with E-state index < -0.39 is 0 Å². The Bertz CT molecular complexity index is 220. The Morgan fingerprint density at radius 2 is 2.20 bits per heavy atom. The van der Waals surface area contributed by atoms with Crippen LogP contribution in [-0.2, 0) is 4.79 Å². The van der Waals surface area contributed by atoms with Gasteiger partial charge in [0.1, 0.15) is 6.04 Å². The molecule has 0 aromatic rings. The SMILES string of the molecule is CCCN1C(=O)C(CN)N(C)CCC1C. The summed E-state index contributed by atoms with van der Waals surface area (Å²) in [7, 11) is 1.98. The van der Waals surface area contributed by atoms with Crippen molar-refractivity contribution in [3.05, 3.63) is 0 Å². The second-order valence-electron chi connectivity index (χ2n) is 4.40. The van der Waals surface area contributed by atoms with Gasteiger partial charge in [0.2, 0.25) is 5.91 Å². The minimum absolute atomic E-state index is 0.124. The van der Waals surface area contributed by atoms with Gasteiger partial charge in [0, 0.05) is 25.7 Å². The normalized spacial score (nSPS) is 29.3. The monoisotopic (exact) mass is 213 g/mol. The highest BCUT2D eigenvalue weighted by Crippen LogP contribution is 2.15. The maximum Gasteiger partial charge on any atom is 0.241 e.